The van der Waals surface area contributed by atoms with E-state index >= 15 is 0 Å². The third-order valence-electron chi connectivity index (χ3n) is 4.96. The van der Waals surface area contributed by atoms with Crippen LogP contribution in [0.25, 0.3) is 11.3 Å². The summed E-state index contributed by atoms with van der Waals surface area (Å²) in [7, 11) is 0. The van der Waals surface area contributed by atoms with Crippen molar-refractivity contribution in [2.75, 3.05) is 6.61 Å². The second-order valence-corrected chi connectivity index (χ2v) is 9.21. The second kappa shape index (κ2) is 8.88. The molecule has 0 saturated carbocycles. The average Bonchev–Trinajstić information content (AvgIpc) is 3.23. The van der Waals surface area contributed by atoms with Gasteiger partial charge in [-0.1, -0.05) is 50.0 Å². The van der Waals surface area contributed by atoms with Crippen LogP contribution in [0.3, 0.4) is 0 Å². The topological polar surface area (TPSA) is 73.1 Å². The molecule has 1 aromatic heterocycles. The Morgan fingerprint density at radius 2 is 1.88 bits per heavy atom. The van der Waals surface area contributed by atoms with Crippen LogP contribution in [0, 0.1) is 0 Å². The van der Waals surface area contributed by atoms with Crippen LogP contribution in [0.2, 0.25) is 10.0 Å². The largest absolute Gasteiger partial charge is 0.485 e. The van der Waals surface area contributed by atoms with E-state index in [1.54, 1.807) is 30.3 Å². The molecule has 1 aliphatic heterocycles. The van der Waals surface area contributed by atoms with Gasteiger partial charge in [0.2, 0.25) is 6.10 Å². The number of furan rings is 1. The number of ether oxygens (including phenoxy) is 2. The van der Waals surface area contributed by atoms with E-state index in [0.717, 1.165) is 11.1 Å². The molecular weight excluding hydrogens is 451 g/mol. The molecule has 0 bridgehead atoms. The van der Waals surface area contributed by atoms with E-state index in [-0.39, 0.29) is 12.0 Å². The van der Waals surface area contributed by atoms with Gasteiger partial charge in [0.25, 0.3) is 5.91 Å². The van der Waals surface area contributed by atoms with Crippen LogP contribution in [0.4, 0.5) is 0 Å². The first-order chi connectivity index (χ1) is 15.2. The van der Waals surface area contributed by atoms with Crippen LogP contribution in [0.5, 0.6) is 11.5 Å². The minimum Gasteiger partial charge on any atom is -0.485 e. The summed E-state index contributed by atoms with van der Waals surface area (Å²) in [6, 6.07) is 14.5. The van der Waals surface area contributed by atoms with Gasteiger partial charge in [-0.05, 0) is 53.4 Å². The summed E-state index contributed by atoms with van der Waals surface area (Å²) in [6.07, 6.45) is 0.604. The van der Waals surface area contributed by atoms with E-state index in [4.69, 9.17) is 37.1 Å². The summed E-state index contributed by atoms with van der Waals surface area (Å²) in [6.45, 7) is 6.43. The second-order valence-electron chi connectivity index (χ2n) is 8.39. The molecule has 2 aromatic carbocycles. The fraction of sp³-hybridized carbons (Fsp3) is 0.250. The maximum Gasteiger partial charge on any atom is 0.284 e. The lowest BCUT2D eigenvalue weighted by Crippen LogP contribution is -2.42. The molecule has 1 N–H and O–H groups in total. The normalized spacial score (nSPS) is 15.7. The summed E-state index contributed by atoms with van der Waals surface area (Å²) >= 11 is 12.0. The number of nitrogens with zero attached hydrogens (tertiary/aromatic N) is 1. The lowest BCUT2D eigenvalue weighted by molar-refractivity contribution is -0.130. The highest BCUT2D eigenvalue weighted by Crippen LogP contribution is 2.36. The molecule has 1 unspecified atom stereocenters. The first-order valence-electron chi connectivity index (χ1n) is 10.0. The van der Waals surface area contributed by atoms with E-state index in [1.165, 1.54) is 6.21 Å². The van der Waals surface area contributed by atoms with E-state index in [1.807, 2.05) is 18.2 Å². The summed E-state index contributed by atoms with van der Waals surface area (Å²) in [4.78, 5) is 12.5. The Labute approximate surface area is 196 Å². The van der Waals surface area contributed by atoms with E-state index in [9.17, 15) is 4.79 Å². The van der Waals surface area contributed by atoms with Crippen molar-refractivity contribution in [2.24, 2.45) is 5.10 Å². The fourth-order valence-corrected chi connectivity index (χ4v) is 3.42. The maximum atomic E-state index is 12.5. The van der Waals surface area contributed by atoms with Crippen molar-refractivity contribution >= 4 is 35.3 Å². The molecule has 0 radical (unpaired) electrons. The number of nitrogens with one attached hydrogen (secondary N) is 1. The van der Waals surface area contributed by atoms with Crippen molar-refractivity contribution in [2.45, 2.75) is 32.3 Å². The first-order valence-corrected chi connectivity index (χ1v) is 10.8. The Hall–Kier alpha value is -2.96. The van der Waals surface area contributed by atoms with Crippen LogP contribution in [-0.4, -0.2) is 24.8 Å². The van der Waals surface area contributed by atoms with Gasteiger partial charge in [-0.2, -0.15) is 5.10 Å². The Morgan fingerprint density at radius 3 is 2.62 bits per heavy atom. The predicted octanol–water partition coefficient (Wildman–Crippen LogP) is 5.84. The molecule has 2 heterocycles. The van der Waals surface area contributed by atoms with Crippen molar-refractivity contribution in [3.8, 4) is 22.8 Å². The van der Waals surface area contributed by atoms with Crippen molar-refractivity contribution in [1.82, 2.24) is 5.43 Å². The van der Waals surface area contributed by atoms with Crippen LogP contribution in [0.1, 0.15) is 32.1 Å². The zero-order valence-corrected chi connectivity index (χ0v) is 19.3. The number of halogens is 2. The van der Waals surface area contributed by atoms with Gasteiger partial charge in [-0.3, -0.25) is 4.79 Å². The van der Waals surface area contributed by atoms with Gasteiger partial charge < -0.3 is 13.9 Å². The minimum atomic E-state index is -0.807. The number of carbonyl (C=O) groups is 1. The number of carbonyl (C=O) groups excluding carboxylic acids is 1. The number of fused-ring (bicyclic) bond motifs is 1. The lowest BCUT2D eigenvalue weighted by atomic mass is 9.87. The molecule has 0 aliphatic carbocycles. The number of benzene rings is 2. The lowest BCUT2D eigenvalue weighted by Gasteiger charge is -2.27. The zero-order valence-electron chi connectivity index (χ0n) is 17.8. The van der Waals surface area contributed by atoms with E-state index < -0.39 is 12.0 Å². The molecule has 8 heteroatoms. The summed E-state index contributed by atoms with van der Waals surface area (Å²) in [5.41, 5.74) is 4.30. The van der Waals surface area contributed by atoms with Crippen molar-refractivity contribution in [3.63, 3.8) is 0 Å². The van der Waals surface area contributed by atoms with Gasteiger partial charge in [-0.15, -0.1) is 0 Å². The van der Waals surface area contributed by atoms with E-state index in [2.05, 4.69) is 31.3 Å². The zero-order chi connectivity index (χ0) is 22.9. The van der Waals surface area contributed by atoms with Gasteiger partial charge in [-0.25, -0.2) is 5.43 Å². The molecule has 4 rings (SSSR count). The van der Waals surface area contributed by atoms with Gasteiger partial charge in [0.1, 0.15) is 18.1 Å². The molecular formula is C24H22Cl2N2O4. The Morgan fingerprint density at radius 1 is 1.06 bits per heavy atom. The summed E-state index contributed by atoms with van der Waals surface area (Å²) in [5, 5.41) is 4.88. The molecule has 6 nitrogen and oxygen atoms in total. The molecule has 1 amide bonds. The molecule has 1 atom stereocenters. The highest BCUT2D eigenvalue weighted by atomic mass is 35.5. The number of hydrazone groups is 1. The standard InChI is InChI=1S/C24H22Cl2N2O4/c1-24(2,3)15-5-8-20-21(11-15)32-22(13-30-20)23(29)28-27-12-16-6-9-19(31-16)14-4-7-17(25)18(26)10-14/h4-12,22H,13H2,1-3H3,(H,28,29)/b27-12-. The Balaban J connectivity index is 1.38. The monoisotopic (exact) mass is 472 g/mol. The first kappa shape index (κ1) is 22.2. The molecule has 32 heavy (non-hydrogen) atoms. The minimum absolute atomic E-state index is 0.0445. The van der Waals surface area contributed by atoms with Gasteiger partial charge >= 0.3 is 0 Å². The molecule has 0 spiro atoms. The average molecular weight is 473 g/mol. The van der Waals surface area contributed by atoms with Crippen molar-refractivity contribution in [3.05, 3.63) is 69.9 Å². The third kappa shape index (κ3) is 4.92. The van der Waals surface area contributed by atoms with Crippen LogP contribution >= 0.6 is 23.2 Å². The third-order valence-corrected chi connectivity index (χ3v) is 5.70. The SMILES string of the molecule is CC(C)(C)c1ccc2c(c1)OC(C(=O)N/N=C\c1ccc(-c3ccc(Cl)c(Cl)c3)o1)CO2. The predicted molar refractivity (Wildman–Crippen MR) is 125 cm³/mol. The highest BCUT2D eigenvalue weighted by molar-refractivity contribution is 6.42. The summed E-state index contributed by atoms with van der Waals surface area (Å²) < 4.78 is 17.3. The number of hydrogen-bond acceptors (Lipinski definition) is 5. The molecule has 166 valence electrons. The quantitative estimate of drug-likeness (QED) is 0.382. The number of amides is 1. The van der Waals surface area contributed by atoms with Crippen LogP contribution in [0.15, 0.2) is 58.0 Å². The van der Waals surface area contributed by atoms with Crippen molar-refractivity contribution in [1.29, 1.82) is 0 Å². The van der Waals surface area contributed by atoms with Gasteiger partial charge in [0.05, 0.1) is 16.3 Å². The molecule has 0 fully saturated rings. The molecule has 1 aliphatic rings. The van der Waals surface area contributed by atoms with E-state index in [0.29, 0.717) is 33.1 Å². The number of rotatable bonds is 4. The van der Waals surface area contributed by atoms with Gasteiger partial charge in [0.15, 0.2) is 11.5 Å². The highest BCUT2D eigenvalue weighted by Gasteiger charge is 2.28. The fourth-order valence-electron chi connectivity index (χ4n) is 3.13. The summed E-state index contributed by atoms with van der Waals surface area (Å²) in [5.74, 6) is 1.82. The number of hydrogen-bond donors (Lipinski definition) is 1. The maximum absolute atomic E-state index is 12.5. The van der Waals surface area contributed by atoms with Crippen molar-refractivity contribution < 1.29 is 18.7 Å². The van der Waals surface area contributed by atoms with Crippen LogP contribution in [-0.2, 0) is 10.2 Å². The Kier molecular flexibility index (Phi) is 6.17. The van der Waals surface area contributed by atoms with Crippen LogP contribution < -0.4 is 14.9 Å². The molecule has 0 saturated heterocycles. The smallest absolute Gasteiger partial charge is 0.284 e. The Bertz CT molecular complexity index is 1180. The van der Waals surface area contributed by atoms with Gasteiger partial charge in [0, 0.05) is 5.56 Å². The molecule has 3 aromatic rings.